The molecule has 0 aliphatic carbocycles. The Morgan fingerprint density at radius 2 is 2.04 bits per heavy atom. The molecule has 0 radical (unpaired) electrons. The number of alkyl halides is 3. The number of nitrogens with zero attached hydrogens (tertiary/aromatic N) is 2. The highest BCUT2D eigenvalue weighted by atomic mass is 19.4. The molecule has 0 saturated heterocycles. The van der Waals surface area contributed by atoms with Gasteiger partial charge in [-0.2, -0.15) is 13.2 Å². The van der Waals surface area contributed by atoms with Crippen molar-refractivity contribution in [2.45, 2.75) is 44.9 Å². The number of carbonyl (C=O) groups excluding carboxylic acids is 1. The molecule has 1 aromatic heterocycles. The molecule has 2 aromatic rings. The maximum absolute atomic E-state index is 12.8. The number of fused-ring (bicyclic) bond motifs is 1. The monoisotopic (exact) mass is 381 g/mol. The van der Waals surface area contributed by atoms with Crippen molar-refractivity contribution in [2.75, 3.05) is 13.6 Å². The summed E-state index contributed by atoms with van der Waals surface area (Å²) in [7, 11) is 1.76. The number of carbonyl (C=O) groups is 1. The standard InChI is InChI=1S/C19H22F3N3O2/c1-3-4-15(23-2)18(26)25-10-9-16-14(11-25)17(24-27-16)12-5-7-13(8-6-12)19(20,21)22/h5-8,15,23H,3-4,9-11H2,1-2H3. The predicted molar refractivity (Wildman–Crippen MR) is 93.8 cm³/mol. The Bertz CT molecular complexity index is 800. The number of nitrogens with one attached hydrogen (secondary N) is 1. The van der Waals surface area contributed by atoms with Gasteiger partial charge in [0.15, 0.2) is 0 Å². The summed E-state index contributed by atoms with van der Waals surface area (Å²) >= 11 is 0. The van der Waals surface area contributed by atoms with Gasteiger partial charge in [0.2, 0.25) is 5.91 Å². The molecule has 0 fully saturated rings. The molecule has 146 valence electrons. The van der Waals surface area contributed by atoms with Gasteiger partial charge in [-0.3, -0.25) is 4.79 Å². The summed E-state index contributed by atoms with van der Waals surface area (Å²) in [6.45, 7) is 2.90. The normalized spacial score (nSPS) is 15.5. The summed E-state index contributed by atoms with van der Waals surface area (Å²) in [4.78, 5) is 14.5. The van der Waals surface area contributed by atoms with Crippen molar-refractivity contribution in [3.05, 3.63) is 41.2 Å². The second-order valence-corrected chi connectivity index (χ2v) is 6.65. The van der Waals surface area contributed by atoms with Crippen LogP contribution < -0.4 is 5.32 Å². The van der Waals surface area contributed by atoms with Gasteiger partial charge in [0.25, 0.3) is 0 Å². The van der Waals surface area contributed by atoms with Gasteiger partial charge in [0.05, 0.1) is 18.2 Å². The van der Waals surface area contributed by atoms with E-state index in [-0.39, 0.29) is 11.9 Å². The van der Waals surface area contributed by atoms with Crippen molar-refractivity contribution in [2.24, 2.45) is 0 Å². The number of likely N-dealkylation sites (N-methyl/N-ethyl adjacent to an activating group) is 1. The van der Waals surface area contributed by atoms with E-state index in [2.05, 4.69) is 10.5 Å². The number of amides is 1. The number of rotatable bonds is 5. The second-order valence-electron chi connectivity index (χ2n) is 6.65. The number of benzene rings is 1. The van der Waals surface area contributed by atoms with Crippen LogP contribution in [0.3, 0.4) is 0 Å². The summed E-state index contributed by atoms with van der Waals surface area (Å²) in [5.41, 5.74) is 1.09. The summed E-state index contributed by atoms with van der Waals surface area (Å²) in [6.07, 6.45) is -2.21. The minimum atomic E-state index is -4.38. The first-order chi connectivity index (χ1) is 12.8. The predicted octanol–water partition coefficient (Wildman–Crippen LogP) is 3.63. The van der Waals surface area contributed by atoms with Crippen LogP contribution in [0, 0.1) is 0 Å². The fourth-order valence-electron chi connectivity index (χ4n) is 3.34. The lowest BCUT2D eigenvalue weighted by atomic mass is 9.99. The first kappa shape index (κ1) is 19.4. The van der Waals surface area contributed by atoms with Gasteiger partial charge in [-0.05, 0) is 25.6 Å². The zero-order valence-electron chi connectivity index (χ0n) is 15.3. The average molecular weight is 381 g/mol. The number of aromatic nitrogens is 1. The van der Waals surface area contributed by atoms with Crippen molar-refractivity contribution in [3.63, 3.8) is 0 Å². The Labute approximate surface area is 155 Å². The minimum Gasteiger partial charge on any atom is -0.360 e. The molecule has 8 heteroatoms. The Morgan fingerprint density at radius 1 is 1.33 bits per heavy atom. The van der Waals surface area contributed by atoms with Crippen molar-refractivity contribution in [1.29, 1.82) is 0 Å². The molecule has 3 rings (SSSR count). The molecule has 1 unspecified atom stereocenters. The molecule has 0 spiro atoms. The molecule has 1 atom stereocenters. The van der Waals surface area contributed by atoms with Gasteiger partial charge in [-0.25, -0.2) is 0 Å². The Hall–Kier alpha value is -2.35. The minimum absolute atomic E-state index is 0.0181. The maximum atomic E-state index is 12.8. The fourth-order valence-corrected chi connectivity index (χ4v) is 3.34. The van der Waals surface area contributed by atoms with Gasteiger partial charge in [0.1, 0.15) is 11.5 Å². The van der Waals surface area contributed by atoms with Crippen LogP contribution in [0.1, 0.15) is 36.7 Å². The van der Waals surface area contributed by atoms with E-state index < -0.39 is 11.7 Å². The van der Waals surface area contributed by atoms with Gasteiger partial charge < -0.3 is 14.7 Å². The largest absolute Gasteiger partial charge is 0.416 e. The third kappa shape index (κ3) is 4.00. The van der Waals surface area contributed by atoms with Crippen LogP contribution >= 0.6 is 0 Å². The molecule has 1 aliphatic heterocycles. The summed E-state index contributed by atoms with van der Waals surface area (Å²) < 4.78 is 43.7. The summed E-state index contributed by atoms with van der Waals surface area (Å²) in [5, 5.41) is 7.09. The molecular weight excluding hydrogens is 359 g/mol. The van der Waals surface area contributed by atoms with Crippen molar-refractivity contribution < 1.29 is 22.5 Å². The average Bonchev–Trinajstić information content (AvgIpc) is 3.08. The Balaban J connectivity index is 1.83. The molecule has 1 N–H and O–H groups in total. The summed E-state index contributed by atoms with van der Waals surface area (Å²) in [5.74, 6) is 0.704. The second kappa shape index (κ2) is 7.72. The molecule has 2 heterocycles. The van der Waals surface area contributed by atoms with Crippen molar-refractivity contribution in [3.8, 4) is 11.3 Å². The molecule has 1 amide bonds. The molecular formula is C19H22F3N3O2. The molecule has 1 aliphatic rings. The van der Waals surface area contributed by atoms with Crippen LogP contribution in [0.5, 0.6) is 0 Å². The smallest absolute Gasteiger partial charge is 0.360 e. The van der Waals surface area contributed by atoms with E-state index in [4.69, 9.17) is 4.52 Å². The van der Waals surface area contributed by atoms with Crippen LogP contribution in [0.25, 0.3) is 11.3 Å². The molecule has 27 heavy (non-hydrogen) atoms. The number of halogens is 3. The summed E-state index contributed by atoms with van der Waals surface area (Å²) in [6, 6.07) is 4.58. The van der Waals surface area contributed by atoms with E-state index in [1.807, 2.05) is 6.92 Å². The highest BCUT2D eigenvalue weighted by Crippen LogP contribution is 2.33. The van der Waals surface area contributed by atoms with Crippen LogP contribution in [0.2, 0.25) is 0 Å². The van der Waals surface area contributed by atoms with Gasteiger partial charge in [0, 0.05) is 24.1 Å². The molecule has 5 nitrogen and oxygen atoms in total. The highest BCUT2D eigenvalue weighted by molar-refractivity contribution is 5.82. The first-order valence-electron chi connectivity index (χ1n) is 8.96. The van der Waals surface area contributed by atoms with Crippen LogP contribution in [-0.4, -0.2) is 35.6 Å². The maximum Gasteiger partial charge on any atom is 0.416 e. The fraction of sp³-hybridized carbons (Fsp3) is 0.474. The van der Waals surface area contributed by atoms with E-state index in [1.54, 1.807) is 11.9 Å². The lowest BCUT2D eigenvalue weighted by Gasteiger charge is -2.29. The van der Waals surface area contributed by atoms with Crippen LogP contribution in [0.15, 0.2) is 28.8 Å². The Morgan fingerprint density at radius 3 is 2.63 bits per heavy atom. The quantitative estimate of drug-likeness (QED) is 0.859. The van der Waals surface area contributed by atoms with Crippen LogP contribution in [0.4, 0.5) is 13.2 Å². The van der Waals surface area contributed by atoms with Gasteiger partial charge in [-0.15, -0.1) is 0 Å². The first-order valence-corrected chi connectivity index (χ1v) is 8.96. The lowest BCUT2D eigenvalue weighted by Crippen LogP contribution is -2.46. The zero-order valence-corrected chi connectivity index (χ0v) is 15.3. The molecule has 0 saturated carbocycles. The SMILES string of the molecule is CCCC(NC)C(=O)N1CCc2onc(-c3ccc(C(F)(F)F)cc3)c2C1. The van der Waals surface area contributed by atoms with E-state index in [9.17, 15) is 18.0 Å². The van der Waals surface area contributed by atoms with Crippen molar-refractivity contribution >= 4 is 5.91 Å². The van der Waals surface area contributed by atoms with E-state index in [1.165, 1.54) is 12.1 Å². The third-order valence-corrected chi connectivity index (χ3v) is 4.85. The highest BCUT2D eigenvalue weighted by Gasteiger charge is 2.32. The van der Waals surface area contributed by atoms with Crippen molar-refractivity contribution in [1.82, 2.24) is 15.4 Å². The van der Waals surface area contributed by atoms with E-state index in [0.29, 0.717) is 36.5 Å². The third-order valence-electron chi connectivity index (χ3n) is 4.85. The molecule has 1 aromatic carbocycles. The zero-order chi connectivity index (χ0) is 19.6. The Kier molecular flexibility index (Phi) is 5.55. The topological polar surface area (TPSA) is 58.4 Å². The molecule has 0 bridgehead atoms. The number of hydrogen-bond donors (Lipinski definition) is 1. The van der Waals surface area contributed by atoms with Gasteiger partial charge in [-0.1, -0.05) is 30.6 Å². The van der Waals surface area contributed by atoms with E-state index in [0.717, 1.165) is 30.5 Å². The van der Waals surface area contributed by atoms with E-state index >= 15 is 0 Å². The lowest BCUT2D eigenvalue weighted by molar-refractivity contribution is -0.137. The number of hydrogen-bond acceptors (Lipinski definition) is 4. The van der Waals surface area contributed by atoms with Crippen LogP contribution in [-0.2, 0) is 23.9 Å². The van der Waals surface area contributed by atoms with Gasteiger partial charge >= 0.3 is 6.18 Å².